The first-order valence-corrected chi connectivity index (χ1v) is 11.8. The van der Waals surface area contributed by atoms with Crippen LogP contribution in [0.25, 0.3) is 22.4 Å². The minimum Gasteiger partial charge on any atom is -0.273 e. The second-order valence-electron chi connectivity index (χ2n) is 7.74. The van der Waals surface area contributed by atoms with Crippen molar-refractivity contribution < 1.29 is 0 Å². The molecule has 32 heavy (non-hydrogen) atoms. The number of rotatable bonds is 8. The van der Waals surface area contributed by atoms with Gasteiger partial charge in [-0.15, -0.1) is 10.2 Å². The molecule has 162 valence electrons. The molecule has 2 aromatic carbocycles. The van der Waals surface area contributed by atoms with Crippen LogP contribution in [0.15, 0.2) is 76.9 Å². The molecule has 7 nitrogen and oxygen atoms in total. The van der Waals surface area contributed by atoms with Crippen molar-refractivity contribution in [3.63, 3.8) is 0 Å². The number of unbranched alkanes of at least 4 members (excludes halogenated alkanes) is 2. The Bertz CT molecular complexity index is 1420. The fourth-order valence-corrected chi connectivity index (χ4v) is 4.89. The molecule has 0 fully saturated rings. The number of thioether (sulfide) groups is 1. The molecule has 5 rings (SSSR count). The summed E-state index contributed by atoms with van der Waals surface area (Å²) in [5.74, 6) is 1.49. The first-order valence-electron chi connectivity index (χ1n) is 10.8. The van der Waals surface area contributed by atoms with Gasteiger partial charge in [0.1, 0.15) is 0 Å². The number of fused-ring (bicyclic) bond motifs is 3. The Labute approximate surface area is 189 Å². The summed E-state index contributed by atoms with van der Waals surface area (Å²) in [6.07, 6.45) is 7.11. The van der Waals surface area contributed by atoms with Crippen LogP contribution in [0.1, 0.15) is 24.8 Å². The van der Waals surface area contributed by atoms with Crippen LogP contribution in [-0.2, 0) is 6.54 Å². The molecular weight excluding hydrogens is 420 g/mol. The van der Waals surface area contributed by atoms with Gasteiger partial charge in [-0.2, -0.15) is 5.10 Å². The maximum absolute atomic E-state index is 13.4. The molecule has 0 aliphatic rings. The molecule has 0 N–H and O–H groups in total. The lowest BCUT2D eigenvalue weighted by molar-refractivity contribution is 0.554. The number of hydrogen-bond acceptors (Lipinski definition) is 5. The van der Waals surface area contributed by atoms with E-state index in [9.17, 15) is 4.79 Å². The van der Waals surface area contributed by atoms with Gasteiger partial charge < -0.3 is 0 Å². The quantitative estimate of drug-likeness (QED) is 0.260. The van der Waals surface area contributed by atoms with Crippen molar-refractivity contribution in [2.24, 2.45) is 0 Å². The third-order valence-electron chi connectivity index (χ3n) is 5.57. The lowest BCUT2D eigenvalue weighted by atomic mass is 10.2. The summed E-state index contributed by atoms with van der Waals surface area (Å²) < 4.78 is 5.66. The Morgan fingerprint density at radius 2 is 1.78 bits per heavy atom. The average molecular weight is 445 g/mol. The van der Waals surface area contributed by atoms with Crippen molar-refractivity contribution in [1.82, 2.24) is 28.9 Å². The van der Waals surface area contributed by atoms with Crippen molar-refractivity contribution >= 4 is 28.4 Å². The summed E-state index contributed by atoms with van der Waals surface area (Å²) in [5, 5.41) is 14.6. The number of aryl methyl sites for hydroxylation is 2. The number of benzene rings is 2. The van der Waals surface area contributed by atoms with E-state index in [0.717, 1.165) is 53.5 Å². The summed E-state index contributed by atoms with van der Waals surface area (Å²) >= 11 is 1.68. The average Bonchev–Trinajstić information content (AvgIpc) is 3.48. The molecule has 0 atom stereocenters. The van der Waals surface area contributed by atoms with Crippen LogP contribution in [0.4, 0.5) is 0 Å². The maximum Gasteiger partial charge on any atom is 0.267 e. The van der Waals surface area contributed by atoms with Gasteiger partial charge in [-0.3, -0.25) is 13.9 Å². The smallest absolute Gasteiger partial charge is 0.267 e. The van der Waals surface area contributed by atoms with Crippen LogP contribution in [0.3, 0.4) is 0 Å². The minimum absolute atomic E-state index is 0.0787. The molecule has 3 heterocycles. The highest BCUT2D eigenvalue weighted by Gasteiger charge is 2.18. The molecule has 0 aliphatic heterocycles. The Morgan fingerprint density at radius 1 is 0.938 bits per heavy atom. The van der Waals surface area contributed by atoms with Crippen molar-refractivity contribution in [2.75, 3.05) is 5.75 Å². The van der Waals surface area contributed by atoms with Gasteiger partial charge in [0.05, 0.1) is 16.6 Å². The number of nitrogens with zero attached hydrogens (tertiary/aromatic N) is 6. The van der Waals surface area contributed by atoms with Crippen LogP contribution >= 0.6 is 11.8 Å². The zero-order chi connectivity index (χ0) is 21.9. The normalized spacial score (nSPS) is 11.5. The van der Waals surface area contributed by atoms with Gasteiger partial charge in [-0.25, -0.2) is 4.57 Å². The Kier molecular flexibility index (Phi) is 5.77. The fraction of sp³-hybridized carbons (Fsp3) is 0.250. The van der Waals surface area contributed by atoms with E-state index < -0.39 is 0 Å². The first-order chi connectivity index (χ1) is 15.7. The van der Waals surface area contributed by atoms with Gasteiger partial charge in [0, 0.05) is 24.7 Å². The van der Waals surface area contributed by atoms with Gasteiger partial charge in [-0.05, 0) is 49.6 Å². The van der Waals surface area contributed by atoms with Gasteiger partial charge in [0.15, 0.2) is 5.16 Å². The summed E-state index contributed by atoms with van der Waals surface area (Å²) in [4.78, 5) is 13.4. The highest BCUT2D eigenvalue weighted by atomic mass is 32.2. The van der Waals surface area contributed by atoms with Crippen LogP contribution < -0.4 is 5.56 Å². The van der Waals surface area contributed by atoms with E-state index in [-0.39, 0.29) is 5.56 Å². The van der Waals surface area contributed by atoms with E-state index in [0.29, 0.717) is 11.2 Å². The van der Waals surface area contributed by atoms with Gasteiger partial charge in [0.25, 0.3) is 5.56 Å². The zero-order valence-corrected chi connectivity index (χ0v) is 18.7. The molecule has 0 saturated carbocycles. The second-order valence-corrected chi connectivity index (χ2v) is 8.80. The highest BCUT2D eigenvalue weighted by molar-refractivity contribution is 7.99. The van der Waals surface area contributed by atoms with Crippen LogP contribution in [-0.4, -0.2) is 34.7 Å². The first kappa shape index (κ1) is 20.5. The van der Waals surface area contributed by atoms with Crippen molar-refractivity contribution in [3.05, 3.63) is 82.9 Å². The molecule has 0 spiro atoms. The van der Waals surface area contributed by atoms with Crippen LogP contribution in [0.5, 0.6) is 0 Å². The van der Waals surface area contributed by atoms with Crippen molar-refractivity contribution in [3.8, 4) is 5.69 Å². The standard InChI is InChI=1S/C24H24N6OS/c1-18-10-3-5-12-20(18)29-22(31)19-11-4-6-13-21(19)30-23(29)26-27-24(30)32-17-8-2-7-15-28-16-9-14-25-28/h3-6,9-14,16H,2,7-8,15,17H2,1H3. The largest absolute Gasteiger partial charge is 0.273 e. The van der Waals surface area contributed by atoms with Gasteiger partial charge in [-0.1, -0.05) is 48.5 Å². The van der Waals surface area contributed by atoms with E-state index in [1.165, 1.54) is 0 Å². The molecule has 0 radical (unpaired) electrons. The Balaban J connectivity index is 1.45. The lowest BCUT2D eigenvalue weighted by Gasteiger charge is -2.13. The predicted molar refractivity (Wildman–Crippen MR) is 128 cm³/mol. The van der Waals surface area contributed by atoms with Crippen LogP contribution in [0, 0.1) is 6.92 Å². The number of hydrogen-bond donors (Lipinski definition) is 0. The minimum atomic E-state index is -0.0787. The van der Waals surface area contributed by atoms with Crippen molar-refractivity contribution in [2.45, 2.75) is 37.9 Å². The number of aromatic nitrogens is 6. The summed E-state index contributed by atoms with van der Waals surface area (Å²) in [6, 6.07) is 17.5. The highest BCUT2D eigenvalue weighted by Crippen LogP contribution is 2.24. The predicted octanol–water partition coefficient (Wildman–Crippen LogP) is 4.50. The summed E-state index contributed by atoms with van der Waals surface area (Å²) in [5.41, 5.74) is 2.60. The maximum atomic E-state index is 13.4. The molecule has 0 unspecified atom stereocenters. The van der Waals surface area contributed by atoms with E-state index in [1.807, 2.05) is 83.0 Å². The summed E-state index contributed by atoms with van der Waals surface area (Å²) in [7, 11) is 0. The molecule has 0 bridgehead atoms. The lowest BCUT2D eigenvalue weighted by Crippen LogP contribution is -2.22. The molecule has 0 saturated heterocycles. The topological polar surface area (TPSA) is 70.0 Å². The van der Waals surface area contributed by atoms with Gasteiger partial charge in [0.2, 0.25) is 5.78 Å². The Morgan fingerprint density at radius 3 is 2.62 bits per heavy atom. The SMILES string of the molecule is Cc1ccccc1-n1c(=O)c2ccccc2n2c(SCCCCCn3cccn3)nnc12. The Hall–Kier alpha value is -3.39. The molecule has 8 heteroatoms. The third kappa shape index (κ3) is 3.82. The second kappa shape index (κ2) is 9.00. The number of para-hydroxylation sites is 2. The zero-order valence-electron chi connectivity index (χ0n) is 17.9. The molecule has 3 aromatic heterocycles. The van der Waals surface area contributed by atoms with Crippen molar-refractivity contribution in [1.29, 1.82) is 0 Å². The molecule has 0 aliphatic carbocycles. The van der Waals surface area contributed by atoms with E-state index in [1.54, 1.807) is 16.3 Å². The molecule has 0 amide bonds. The monoisotopic (exact) mass is 444 g/mol. The van der Waals surface area contributed by atoms with Gasteiger partial charge >= 0.3 is 0 Å². The van der Waals surface area contributed by atoms with E-state index in [4.69, 9.17) is 0 Å². The molecular formula is C24H24N6OS. The molecule has 5 aromatic rings. The van der Waals surface area contributed by atoms with E-state index >= 15 is 0 Å². The fourth-order valence-electron chi connectivity index (χ4n) is 3.95. The third-order valence-corrected chi connectivity index (χ3v) is 6.59. The van der Waals surface area contributed by atoms with E-state index in [2.05, 4.69) is 15.3 Å². The summed E-state index contributed by atoms with van der Waals surface area (Å²) in [6.45, 7) is 2.95. The van der Waals surface area contributed by atoms with Crippen LogP contribution in [0.2, 0.25) is 0 Å².